The second-order valence-electron chi connectivity index (χ2n) is 4.30. The van der Waals surface area contributed by atoms with Gasteiger partial charge in [0.2, 0.25) is 5.91 Å². The van der Waals surface area contributed by atoms with Crippen molar-refractivity contribution >= 4 is 29.1 Å². The molecule has 1 aliphatic rings. The Morgan fingerprint density at radius 3 is 2.67 bits per heavy atom. The van der Waals surface area contributed by atoms with Crippen molar-refractivity contribution in [3.8, 4) is 0 Å². The average Bonchev–Trinajstić information content (AvgIpc) is 2.78. The molecule has 1 aliphatic heterocycles. The molecule has 0 aliphatic carbocycles. The molecule has 6 heteroatoms. The molecule has 5 nitrogen and oxygen atoms in total. The van der Waals surface area contributed by atoms with Crippen molar-refractivity contribution in [2.75, 3.05) is 13.2 Å². The van der Waals surface area contributed by atoms with Gasteiger partial charge in [-0.25, -0.2) is 4.79 Å². The van der Waals surface area contributed by atoms with Crippen LogP contribution in [-0.4, -0.2) is 41.0 Å². The molecule has 0 saturated carbocycles. The fourth-order valence-corrected chi connectivity index (χ4v) is 2.48. The monoisotopic (exact) mass is 272 g/mol. The van der Waals surface area contributed by atoms with Gasteiger partial charge in [-0.05, 0) is 26.2 Å². The molecular weight excluding hydrogens is 252 g/mol. The molecule has 0 spiro atoms. The summed E-state index contributed by atoms with van der Waals surface area (Å²) in [5, 5.41) is 0. The molecule has 1 fully saturated rings. The van der Waals surface area contributed by atoms with Crippen LogP contribution in [0.5, 0.6) is 0 Å². The zero-order valence-corrected chi connectivity index (χ0v) is 11.7. The van der Waals surface area contributed by atoms with Crippen molar-refractivity contribution in [3.05, 3.63) is 0 Å². The van der Waals surface area contributed by atoms with Gasteiger partial charge in [0.05, 0.1) is 17.5 Å². The highest BCUT2D eigenvalue weighted by atomic mass is 32.1. The molecule has 0 aromatic rings. The minimum absolute atomic E-state index is 0.152. The van der Waals surface area contributed by atoms with E-state index in [0.717, 1.165) is 6.42 Å². The van der Waals surface area contributed by atoms with E-state index in [1.807, 2.05) is 6.92 Å². The van der Waals surface area contributed by atoms with Crippen LogP contribution in [0.2, 0.25) is 0 Å². The largest absolute Gasteiger partial charge is 0.464 e. The summed E-state index contributed by atoms with van der Waals surface area (Å²) in [6.07, 6.45) is 2.02. The van der Waals surface area contributed by atoms with Crippen LogP contribution in [-0.2, 0) is 14.3 Å². The standard InChI is InChI=1S/C12H20N2O3S/c1-3-8(10(13)18)11(15)14-7-5-6-9(14)12(16)17-4-2/h8-9H,3-7H2,1-2H3,(H2,13,18). The van der Waals surface area contributed by atoms with Crippen molar-refractivity contribution in [3.63, 3.8) is 0 Å². The summed E-state index contributed by atoms with van der Waals surface area (Å²) in [5.74, 6) is -0.961. The molecule has 0 bridgehead atoms. The smallest absolute Gasteiger partial charge is 0.328 e. The predicted octanol–water partition coefficient (Wildman–Crippen LogP) is 0.853. The van der Waals surface area contributed by atoms with E-state index in [2.05, 4.69) is 0 Å². The predicted molar refractivity (Wildman–Crippen MR) is 71.9 cm³/mol. The van der Waals surface area contributed by atoms with Crippen LogP contribution in [0.4, 0.5) is 0 Å². The Labute approximate surface area is 113 Å². The first-order chi connectivity index (χ1) is 8.52. The number of nitrogens with two attached hydrogens (primary N) is 1. The summed E-state index contributed by atoms with van der Waals surface area (Å²) in [6, 6.07) is -0.471. The van der Waals surface area contributed by atoms with Crippen LogP contribution in [0, 0.1) is 5.92 Å². The molecule has 1 saturated heterocycles. The van der Waals surface area contributed by atoms with Crippen LogP contribution in [0.1, 0.15) is 33.1 Å². The van der Waals surface area contributed by atoms with E-state index < -0.39 is 12.0 Å². The minimum Gasteiger partial charge on any atom is -0.464 e. The second kappa shape index (κ2) is 6.68. The van der Waals surface area contributed by atoms with E-state index >= 15 is 0 Å². The van der Waals surface area contributed by atoms with Crippen molar-refractivity contribution in [2.45, 2.75) is 39.2 Å². The van der Waals surface area contributed by atoms with Crippen LogP contribution < -0.4 is 5.73 Å². The number of thiocarbonyl (C=S) groups is 1. The molecule has 0 aromatic heterocycles. The van der Waals surface area contributed by atoms with Gasteiger partial charge in [0, 0.05) is 6.54 Å². The van der Waals surface area contributed by atoms with E-state index in [1.54, 1.807) is 11.8 Å². The number of amides is 1. The molecule has 2 atom stereocenters. The Balaban J connectivity index is 2.77. The summed E-state index contributed by atoms with van der Waals surface area (Å²) in [5.41, 5.74) is 5.56. The summed E-state index contributed by atoms with van der Waals surface area (Å²) in [6.45, 7) is 4.51. The van der Waals surface area contributed by atoms with Gasteiger partial charge in [-0.1, -0.05) is 19.1 Å². The first kappa shape index (κ1) is 14.9. The third-order valence-corrected chi connectivity index (χ3v) is 3.43. The highest BCUT2D eigenvalue weighted by Crippen LogP contribution is 2.22. The molecular formula is C12H20N2O3S. The van der Waals surface area contributed by atoms with E-state index in [1.165, 1.54) is 0 Å². The zero-order chi connectivity index (χ0) is 13.7. The zero-order valence-electron chi connectivity index (χ0n) is 10.8. The third kappa shape index (κ3) is 3.19. The topological polar surface area (TPSA) is 72.6 Å². The summed E-state index contributed by atoms with van der Waals surface area (Å²) in [4.78, 5) is 25.8. The van der Waals surface area contributed by atoms with Gasteiger partial charge in [0.15, 0.2) is 0 Å². The number of hydrogen-bond acceptors (Lipinski definition) is 4. The normalized spacial score (nSPS) is 20.6. The maximum Gasteiger partial charge on any atom is 0.328 e. The van der Waals surface area contributed by atoms with Gasteiger partial charge in [-0.2, -0.15) is 0 Å². The molecule has 1 heterocycles. The lowest BCUT2D eigenvalue weighted by Gasteiger charge is -2.26. The van der Waals surface area contributed by atoms with Crippen molar-refractivity contribution in [1.82, 2.24) is 4.90 Å². The minimum atomic E-state index is -0.477. The van der Waals surface area contributed by atoms with Crippen LogP contribution in [0.15, 0.2) is 0 Å². The number of likely N-dealkylation sites (tertiary alicyclic amines) is 1. The van der Waals surface area contributed by atoms with Crippen LogP contribution in [0.3, 0.4) is 0 Å². The van der Waals surface area contributed by atoms with Crippen molar-refractivity contribution < 1.29 is 14.3 Å². The highest BCUT2D eigenvalue weighted by Gasteiger charge is 2.38. The molecule has 1 rings (SSSR count). The Bertz CT molecular complexity index is 346. The van der Waals surface area contributed by atoms with Gasteiger partial charge in [-0.15, -0.1) is 0 Å². The van der Waals surface area contributed by atoms with E-state index in [9.17, 15) is 9.59 Å². The third-order valence-electron chi connectivity index (χ3n) is 3.14. The lowest BCUT2D eigenvalue weighted by Crippen LogP contribution is -2.46. The maximum absolute atomic E-state index is 12.3. The van der Waals surface area contributed by atoms with E-state index in [4.69, 9.17) is 22.7 Å². The molecule has 2 unspecified atom stereocenters. The quantitative estimate of drug-likeness (QED) is 0.593. The molecule has 0 radical (unpaired) electrons. The maximum atomic E-state index is 12.3. The SMILES string of the molecule is CCOC(=O)C1CCCN1C(=O)C(CC)C(N)=S. The second-order valence-corrected chi connectivity index (χ2v) is 4.78. The van der Waals surface area contributed by atoms with Gasteiger partial charge in [0.1, 0.15) is 6.04 Å². The fourth-order valence-electron chi connectivity index (χ4n) is 2.21. The molecule has 2 N–H and O–H groups in total. The van der Waals surface area contributed by atoms with E-state index in [-0.39, 0.29) is 16.9 Å². The lowest BCUT2D eigenvalue weighted by atomic mass is 10.0. The Morgan fingerprint density at radius 2 is 2.17 bits per heavy atom. The van der Waals surface area contributed by atoms with Gasteiger partial charge < -0.3 is 15.4 Å². The van der Waals surface area contributed by atoms with Gasteiger partial charge in [0.25, 0.3) is 0 Å². The van der Waals surface area contributed by atoms with Gasteiger partial charge in [-0.3, -0.25) is 4.79 Å². The summed E-state index contributed by atoms with van der Waals surface area (Å²) >= 11 is 4.90. The Hall–Kier alpha value is -1.17. The number of nitrogens with zero attached hydrogens (tertiary/aromatic N) is 1. The summed E-state index contributed by atoms with van der Waals surface area (Å²) < 4.78 is 4.98. The number of ether oxygens (including phenoxy) is 1. The first-order valence-electron chi connectivity index (χ1n) is 6.29. The fraction of sp³-hybridized carbons (Fsp3) is 0.750. The number of hydrogen-bond donors (Lipinski definition) is 1. The highest BCUT2D eigenvalue weighted by molar-refractivity contribution is 7.80. The van der Waals surface area contributed by atoms with Crippen LogP contribution in [0.25, 0.3) is 0 Å². The summed E-state index contributed by atoms with van der Waals surface area (Å²) in [7, 11) is 0. The van der Waals surface area contributed by atoms with Gasteiger partial charge >= 0.3 is 5.97 Å². The van der Waals surface area contributed by atoms with Crippen molar-refractivity contribution in [1.29, 1.82) is 0 Å². The van der Waals surface area contributed by atoms with Crippen LogP contribution >= 0.6 is 12.2 Å². The molecule has 0 aromatic carbocycles. The Kier molecular flexibility index (Phi) is 5.53. The molecule has 18 heavy (non-hydrogen) atoms. The lowest BCUT2D eigenvalue weighted by molar-refractivity contribution is -0.153. The van der Waals surface area contributed by atoms with Crippen molar-refractivity contribution in [2.24, 2.45) is 11.7 Å². The number of rotatable bonds is 5. The number of carbonyl (C=O) groups excluding carboxylic acids is 2. The number of carbonyl (C=O) groups is 2. The Morgan fingerprint density at radius 1 is 1.50 bits per heavy atom. The number of esters is 1. The average molecular weight is 272 g/mol. The molecule has 102 valence electrons. The van der Waals surface area contributed by atoms with E-state index in [0.29, 0.717) is 26.0 Å². The first-order valence-corrected chi connectivity index (χ1v) is 6.70. The molecule has 1 amide bonds.